The predicted octanol–water partition coefficient (Wildman–Crippen LogP) is 6.21. The molecular formula is C30H41IO6. The van der Waals surface area contributed by atoms with Crippen molar-refractivity contribution in [3.8, 4) is 0 Å². The third kappa shape index (κ3) is 4.76. The fraction of sp³-hybridized carbons (Fsp3) is 0.700. The molecule has 7 atom stereocenters. The predicted molar refractivity (Wildman–Crippen MR) is 149 cm³/mol. The van der Waals surface area contributed by atoms with Gasteiger partial charge >= 0.3 is 0 Å². The third-order valence-electron chi connectivity index (χ3n) is 9.62. The summed E-state index contributed by atoms with van der Waals surface area (Å²) in [6.45, 7) is 11.9. The lowest BCUT2D eigenvalue weighted by Crippen LogP contribution is -2.66. The average Bonchev–Trinajstić information content (AvgIpc) is 3.28. The molecule has 1 aromatic carbocycles. The smallest absolute Gasteiger partial charge is 0.163 e. The van der Waals surface area contributed by atoms with E-state index in [1.807, 2.05) is 44.2 Å². The second-order valence-corrected chi connectivity index (χ2v) is 13.6. The van der Waals surface area contributed by atoms with Crippen LogP contribution in [0.5, 0.6) is 0 Å². The van der Waals surface area contributed by atoms with Crippen LogP contribution in [0, 0.1) is 22.7 Å². The summed E-state index contributed by atoms with van der Waals surface area (Å²) in [4.78, 5) is 12.7. The van der Waals surface area contributed by atoms with Crippen LogP contribution in [0.2, 0.25) is 0 Å². The highest BCUT2D eigenvalue weighted by atomic mass is 127. The minimum Gasteiger partial charge on any atom is -0.365 e. The number of hydrogen-bond acceptors (Lipinski definition) is 6. The van der Waals surface area contributed by atoms with Crippen LogP contribution >= 0.6 is 22.6 Å². The van der Waals surface area contributed by atoms with Crippen LogP contribution in [0.15, 0.2) is 40.0 Å². The van der Waals surface area contributed by atoms with Crippen LogP contribution < -0.4 is 0 Å². The van der Waals surface area contributed by atoms with E-state index < -0.39 is 22.9 Å². The maximum Gasteiger partial charge on any atom is 0.163 e. The molecule has 0 radical (unpaired) electrons. The van der Waals surface area contributed by atoms with Gasteiger partial charge < -0.3 is 28.5 Å². The first-order valence-electron chi connectivity index (χ1n) is 13.6. The van der Waals surface area contributed by atoms with Crippen molar-refractivity contribution in [2.75, 3.05) is 13.4 Å². The lowest BCUT2D eigenvalue weighted by molar-refractivity contribution is -0.324. The Kier molecular flexibility index (Phi) is 7.70. The molecule has 2 aliphatic heterocycles. The number of fused-ring (bicyclic) bond motifs is 1. The summed E-state index contributed by atoms with van der Waals surface area (Å²) in [5.41, 5.74) is -0.136. The summed E-state index contributed by atoms with van der Waals surface area (Å²) >= 11 is 2.47. The number of ether oxygens (including phenoxy) is 5. The number of rotatable bonds is 6. The van der Waals surface area contributed by atoms with Crippen molar-refractivity contribution >= 4 is 28.9 Å². The lowest BCUT2D eigenvalue weighted by atomic mass is 9.52. The van der Waals surface area contributed by atoms with Gasteiger partial charge in [-0.15, -0.1) is 0 Å². The monoisotopic (exact) mass is 624 g/mol. The number of carbonyl (C=O) groups is 1. The van der Waals surface area contributed by atoms with Gasteiger partial charge in [-0.3, -0.25) is 0 Å². The molecule has 37 heavy (non-hydrogen) atoms. The zero-order valence-corrected chi connectivity index (χ0v) is 24.9. The topological polar surface area (TPSA) is 63.2 Å². The van der Waals surface area contributed by atoms with E-state index in [0.29, 0.717) is 13.2 Å². The highest BCUT2D eigenvalue weighted by Crippen LogP contribution is 2.61. The summed E-state index contributed by atoms with van der Waals surface area (Å²) in [5.74, 6) is -0.602. The van der Waals surface area contributed by atoms with E-state index >= 15 is 0 Å². The molecule has 0 bridgehead atoms. The SMILES string of the molecule is CC1(C)OC[C@@H]2[C@@H]([C@@H]3OCO[C@]34CCC=C(I)C4(C)C)[C@](C)([C@H](C=O)OCc3ccccc3)CC[C@@H]2O1. The zero-order chi connectivity index (χ0) is 26.5. The second-order valence-electron chi connectivity index (χ2n) is 12.4. The van der Waals surface area contributed by atoms with Gasteiger partial charge in [0.2, 0.25) is 0 Å². The molecule has 2 aliphatic carbocycles. The Hall–Kier alpha value is -0.840. The van der Waals surface area contributed by atoms with Gasteiger partial charge in [0.1, 0.15) is 24.8 Å². The van der Waals surface area contributed by atoms with Crippen LogP contribution in [-0.2, 0) is 35.1 Å². The maximum atomic E-state index is 12.7. The van der Waals surface area contributed by atoms with E-state index in [4.69, 9.17) is 23.7 Å². The van der Waals surface area contributed by atoms with E-state index in [0.717, 1.165) is 37.5 Å². The van der Waals surface area contributed by atoms with E-state index in [2.05, 4.69) is 49.4 Å². The fourth-order valence-corrected chi connectivity index (χ4v) is 8.18. The molecule has 2 heterocycles. The van der Waals surface area contributed by atoms with Crippen molar-refractivity contribution < 1.29 is 28.5 Å². The van der Waals surface area contributed by atoms with Crippen molar-refractivity contribution in [3.63, 3.8) is 0 Å². The molecule has 204 valence electrons. The largest absolute Gasteiger partial charge is 0.365 e. The minimum absolute atomic E-state index is 0.0332. The van der Waals surface area contributed by atoms with Gasteiger partial charge in [-0.1, -0.05) is 57.2 Å². The number of hydrogen-bond donors (Lipinski definition) is 0. The number of allylic oxidation sites excluding steroid dienone is 1. The first kappa shape index (κ1) is 27.7. The number of carbonyl (C=O) groups excluding carboxylic acids is 1. The third-order valence-corrected chi connectivity index (χ3v) is 11.4. The average molecular weight is 625 g/mol. The Bertz CT molecular complexity index is 1010. The molecule has 0 aromatic heterocycles. The van der Waals surface area contributed by atoms with Gasteiger partial charge in [-0.2, -0.15) is 0 Å². The molecule has 3 fully saturated rings. The molecule has 4 aliphatic rings. The quantitative estimate of drug-likeness (QED) is 0.277. The molecule has 2 saturated heterocycles. The molecule has 6 nitrogen and oxygen atoms in total. The summed E-state index contributed by atoms with van der Waals surface area (Å²) in [6.07, 6.45) is 6.03. The molecule has 0 amide bonds. The van der Waals surface area contributed by atoms with E-state index in [1.54, 1.807) is 0 Å². The lowest BCUT2D eigenvalue weighted by Gasteiger charge is -2.59. The van der Waals surface area contributed by atoms with Crippen molar-refractivity contribution in [1.29, 1.82) is 0 Å². The van der Waals surface area contributed by atoms with E-state index in [-0.39, 0.29) is 36.3 Å². The Balaban J connectivity index is 1.54. The fourth-order valence-electron chi connectivity index (χ4n) is 7.41. The standard InChI is InChI=1S/C30H41IO6/c1-27(2)23(31)12-9-14-30(27)26(34-19-36-30)25-21-18-35-28(3,4)37-22(21)13-15-29(25,5)24(16-32)33-17-20-10-7-6-8-11-20/h6-8,10-12,16,21-22,24-26H,9,13-15,17-19H2,1-5H3/t21-,22-,24-,25-,26-,29-,30+/m0/s1. The Morgan fingerprint density at radius 3 is 2.59 bits per heavy atom. The van der Waals surface area contributed by atoms with Crippen LogP contribution in [0.1, 0.15) is 65.9 Å². The number of aldehydes is 1. The molecule has 1 saturated carbocycles. The Morgan fingerprint density at radius 1 is 1.11 bits per heavy atom. The van der Waals surface area contributed by atoms with Crippen LogP contribution in [0.3, 0.4) is 0 Å². The molecular weight excluding hydrogens is 583 g/mol. The van der Waals surface area contributed by atoms with Crippen molar-refractivity contribution in [2.24, 2.45) is 22.7 Å². The summed E-state index contributed by atoms with van der Waals surface area (Å²) in [5, 5.41) is 0. The molecule has 1 aromatic rings. The second kappa shape index (κ2) is 10.3. The zero-order valence-electron chi connectivity index (χ0n) is 22.7. The van der Waals surface area contributed by atoms with E-state index in [1.165, 1.54) is 3.58 Å². The van der Waals surface area contributed by atoms with Crippen LogP contribution in [-0.4, -0.2) is 49.4 Å². The summed E-state index contributed by atoms with van der Waals surface area (Å²) < 4.78 is 33.7. The van der Waals surface area contributed by atoms with Gasteiger partial charge in [0.05, 0.1) is 25.4 Å². The van der Waals surface area contributed by atoms with Gasteiger partial charge in [-0.05, 0) is 71.3 Å². The normalized spacial score (nSPS) is 39.6. The summed E-state index contributed by atoms with van der Waals surface area (Å²) in [7, 11) is 0. The van der Waals surface area contributed by atoms with Gasteiger partial charge in [0.25, 0.3) is 0 Å². The highest BCUT2D eigenvalue weighted by Gasteiger charge is 2.66. The van der Waals surface area contributed by atoms with Crippen LogP contribution in [0.25, 0.3) is 0 Å². The van der Waals surface area contributed by atoms with E-state index in [9.17, 15) is 4.79 Å². The molecule has 5 rings (SSSR count). The first-order chi connectivity index (χ1) is 17.5. The molecule has 1 spiro atoms. The Morgan fingerprint density at radius 2 is 1.86 bits per heavy atom. The van der Waals surface area contributed by atoms with Crippen molar-refractivity contribution in [1.82, 2.24) is 0 Å². The van der Waals surface area contributed by atoms with Crippen molar-refractivity contribution in [2.45, 2.75) is 96.6 Å². The van der Waals surface area contributed by atoms with Gasteiger partial charge in [0.15, 0.2) is 5.79 Å². The summed E-state index contributed by atoms with van der Waals surface area (Å²) in [6, 6.07) is 10.0. The van der Waals surface area contributed by atoms with Gasteiger partial charge in [0, 0.05) is 22.7 Å². The van der Waals surface area contributed by atoms with Gasteiger partial charge in [-0.25, -0.2) is 0 Å². The maximum absolute atomic E-state index is 12.7. The molecule has 0 unspecified atom stereocenters. The molecule has 0 N–H and O–H groups in total. The minimum atomic E-state index is -0.625. The number of benzene rings is 1. The first-order valence-corrected chi connectivity index (χ1v) is 14.7. The highest BCUT2D eigenvalue weighted by molar-refractivity contribution is 14.1. The van der Waals surface area contributed by atoms with Crippen LogP contribution in [0.4, 0.5) is 0 Å². The van der Waals surface area contributed by atoms with Crippen molar-refractivity contribution in [3.05, 3.63) is 45.6 Å². The Labute approximate surface area is 234 Å². The molecule has 7 heteroatoms. The number of halogens is 1.